The molecule has 1 fully saturated rings. The van der Waals surface area contributed by atoms with Crippen molar-refractivity contribution >= 4 is 5.91 Å². The van der Waals surface area contributed by atoms with Crippen molar-refractivity contribution in [2.75, 3.05) is 19.6 Å². The summed E-state index contributed by atoms with van der Waals surface area (Å²) in [7, 11) is 0. The Bertz CT molecular complexity index is 424. The molecule has 0 bridgehead atoms. The summed E-state index contributed by atoms with van der Waals surface area (Å²) in [5.74, 6) is 0.854. The molecule has 0 aliphatic carbocycles. The van der Waals surface area contributed by atoms with E-state index >= 15 is 0 Å². The first-order chi connectivity index (χ1) is 10.2. The molecule has 2 rings (SSSR count). The first-order valence-corrected chi connectivity index (χ1v) is 8.23. The lowest BCUT2D eigenvalue weighted by molar-refractivity contribution is -0.131. The van der Waals surface area contributed by atoms with Crippen LogP contribution in [0.1, 0.15) is 51.1 Å². The molecule has 1 saturated heterocycles. The largest absolute Gasteiger partial charge is 0.342 e. The Labute approximate surface area is 128 Å². The number of benzene rings is 1. The van der Waals surface area contributed by atoms with Gasteiger partial charge in [0.15, 0.2) is 0 Å². The second-order valence-corrected chi connectivity index (χ2v) is 6.42. The van der Waals surface area contributed by atoms with E-state index in [1.807, 2.05) is 11.0 Å². The van der Waals surface area contributed by atoms with E-state index < -0.39 is 0 Å². The van der Waals surface area contributed by atoms with Crippen LogP contribution in [0.4, 0.5) is 0 Å². The van der Waals surface area contributed by atoms with Crippen LogP contribution in [0.25, 0.3) is 0 Å². The van der Waals surface area contributed by atoms with Crippen molar-refractivity contribution in [1.29, 1.82) is 0 Å². The molecule has 21 heavy (non-hydrogen) atoms. The molecule has 1 N–H and O–H groups in total. The Balaban J connectivity index is 1.91. The number of nitrogens with one attached hydrogen (secondary N) is 1. The van der Waals surface area contributed by atoms with E-state index in [1.165, 1.54) is 12.0 Å². The lowest BCUT2D eigenvalue weighted by Crippen LogP contribution is -2.42. The van der Waals surface area contributed by atoms with Gasteiger partial charge in [0.1, 0.15) is 0 Å². The molecule has 0 radical (unpaired) electrons. The highest BCUT2D eigenvalue weighted by atomic mass is 16.2. The summed E-state index contributed by atoms with van der Waals surface area (Å²) < 4.78 is 0. The molecule has 1 heterocycles. The van der Waals surface area contributed by atoms with Crippen LogP contribution >= 0.6 is 0 Å². The summed E-state index contributed by atoms with van der Waals surface area (Å²) in [6, 6.07) is 10.7. The molecule has 1 unspecified atom stereocenters. The molecule has 0 saturated carbocycles. The maximum atomic E-state index is 12.3. The number of carbonyl (C=O) groups is 1. The van der Waals surface area contributed by atoms with Crippen LogP contribution in [-0.4, -0.2) is 30.4 Å². The monoisotopic (exact) mass is 288 g/mol. The van der Waals surface area contributed by atoms with Gasteiger partial charge in [-0.2, -0.15) is 0 Å². The van der Waals surface area contributed by atoms with E-state index in [9.17, 15) is 4.79 Å². The molecule has 1 aliphatic heterocycles. The SMILES string of the molecule is CC(C)CC(NCC(=O)N1CCCCC1)c1ccccc1. The van der Waals surface area contributed by atoms with Crippen LogP contribution in [0.3, 0.4) is 0 Å². The molecule has 116 valence electrons. The van der Waals surface area contributed by atoms with E-state index in [2.05, 4.69) is 43.4 Å². The highest BCUT2D eigenvalue weighted by Gasteiger charge is 2.19. The number of rotatable bonds is 6. The Morgan fingerprint density at radius 3 is 2.43 bits per heavy atom. The molecular weight excluding hydrogens is 260 g/mol. The van der Waals surface area contributed by atoms with Gasteiger partial charge in [0.2, 0.25) is 5.91 Å². The van der Waals surface area contributed by atoms with Gasteiger partial charge in [-0.3, -0.25) is 4.79 Å². The molecule has 1 atom stereocenters. The highest BCUT2D eigenvalue weighted by Crippen LogP contribution is 2.21. The van der Waals surface area contributed by atoms with Crippen molar-refractivity contribution in [3.63, 3.8) is 0 Å². The quantitative estimate of drug-likeness (QED) is 0.870. The van der Waals surface area contributed by atoms with Gasteiger partial charge >= 0.3 is 0 Å². The molecule has 1 aromatic carbocycles. The van der Waals surface area contributed by atoms with Gasteiger partial charge in [-0.15, -0.1) is 0 Å². The summed E-state index contributed by atoms with van der Waals surface area (Å²) in [6.07, 6.45) is 4.62. The predicted molar refractivity (Wildman–Crippen MR) is 87.1 cm³/mol. The van der Waals surface area contributed by atoms with E-state index in [4.69, 9.17) is 0 Å². The molecule has 1 amide bonds. The molecule has 1 aliphatic rings. The fourth-order valence-corrected chi connectivity index (χ4v) is 2.96. The summed E-state index contributed by atoms with van der Waals surface area (Å²) in [5.41, 5.74) is 1.28. The second kappa shape index (κ2) is 8.18. The van der Waals surface area contributed by atoms with Crippen LogP contribution in [0.5, 0.6) is 0 Å². The normalized spacial score (nSPS) is 17.0. The zero-order valence-corrected chi connectivity index (χ0v) is 13.3. The third-order valence-corrected chi connectivity index (χ3v) is 4.12. The Morgan fingerprint density at radius 2 is 1.81 bits per heavy atom. The summed E-state index contributed by atoms with van der Waals surface area (Å²) in [5, 5.41) is 3.47. The minimum absolute atomic E-state index is 0.249. The van der Waals surface area contributed by atoms with Gasteiger partial charge < -0.3 is 10.2 Å². The Morgan fingerprint density at radius 1 is 1.14 bits per heavy atom. The molecule has 0 aromatic heterocycles. The average Bonchev–Trinajstić information content (AvgIpc) is 2.52. The van der Waals surface area contributed by atoms with Crippen LogP contribution in [0, 0.1) is 5.92 Å². The summed E-state index contributed by atoms with van der Waals surface area (Å²) in [4.78, 5) is 14.3. The van der Waals surface area contributed by atoms with Crippen molar-refractivity contribution in [1.82, 2.24) is 10.2 Å². The minimum atomic E-state index is 0.249. The van der Waals surface area contributed by atoms with Crippen molar-refractivity contribution in [3.05, 3.63) is 35.9 Å². The zero-order chi connectivity index (χ0) is 15.1. The van der Waals surface area contributed by atoms with Gasteiger partial charge in [-0.05, 0) is 37.2 Å². The van der Waals surface area contributed by atoms with Gasteiger partial charge in [-0.1, -0.05) is 44.2 Å². The smallest absolute Gasteiger partial charge is 0.236 e. The highest BCUT2D eigenvalue weighted by molar-refractivity contribution is 5.78. The standard InChI is InChI=1S/C18H28N2O/c1-15(2)13-17(16-9-5-3-6-10-16)19-14-18(21)20-11-7-4-8-12-20/h3,5-6,9-10,15,17,19H,4,7-8,11-14H2,1-2H3. The third kappa shape index (κ3) is 5.16. The number of amides is 1. The van der Waals surface area contributed by atoms with Gasteiger partial charge in [-0.25, -0.2) is 0 Å². The molecule has 3 heteroatoms. The first kappa shape index (κ1) is 16.0. The number of likely N-dealkylation sites (tertiary alicyclic amines) is 1. The van der Waals surface area contributed by atoms with Gasteiger partial charge in [0, 0.05) is 19.1 Å². The van der Waals surface area contributed by atoms with E-state index in [1.54, 1.807) is 0 Å². The van der Waals surface area contributed by atoms with Gasteiger partial charge in [0.05, 0.1) is 6.54 Å². The second-order valence-electron chi connectivity index (χ2n) is 6.42. The summed E-state index contributed by atoms with van der Waals surface area (Å²) >= 11 is 0. The van der Waals surface area contributed by atoms with E-state index in [0.717, 1.165) is 32.4 Å². The lowest BCUT2D eigenvalue weighted by atomic mass is 9.97. The van der Waals surface area contributed by atoms with Crippen LogP contribution < -0.4 is 5.32 Å². The predicted octanol–water partition coefficient (Wildman–Crippen LogP) is 3.38. The maximum absolute atomic E-state index is 12.3. The van der Waals surface area contributed by atoms with Crippen LogP contribution in [0.2, 0.25) is 0 Å². The maximum Gasteiger partial charge on any atom is 0.236 e. The zero-order valence-electron chi connectivity index (χ0n) is 13.3. The number of hydrogen-bond acceptors (Lipinski definition) is 2. The summed E-state index contributed by atoms with van der Waals surface area (Å²) in [6.45, 7) is 6.77. The number of carbonyl (C=O) groups excluding carboxylic acids is 1. The van der Waals surface area contributed by atoms with Gasteiger partial charge in [0.25, 0.3) is 0 Å². The van der Waals surface area contributed by atoms with Crippen molar-refractivity contribution < 1.29 is 4.79 Å². The Kier molecular flexibility index (Phi) is 6.24. The fraction of sp³-hybridized carbons (Fsp3) is 0.611. The molecule has 3 nitrogen and oxygen atoms in total. The van der Waals surface area contributed by atoms with Crippen LogP contribution in [-0.2, 0) is 4.79 Å². The Hall–Kier alpha value is -1.35. The lowest BCUT2D eigenvalue weighted by Gasteiger charge is -2.28. The van der Waals surface area contributed by atoms with Crippen molar-refractivity contribution in [2.24, 2.45) is 5.92 Å². The topological polar surface area (TPSA) is 32.3 Å². The van der Waals surface area contributed by atoms with E-state index in [0.29, 0.717) is 12.5 Å². The number of piperidine rings is 1. The number of nitrogens with zero attached hydrogens (tertiary/aromatic N) is 1. The third-order valence-electron chi connectivity index (χ3n) is 4.12. The van der Waals surface area contributed by atoms with Crippen molar-refractivity contribution in [3.8, 4) is 0 Å². The number of hydrogen-bond donors (Lipinski definition) is 1. The molecule has 0 spiro atoms. The van der Waals surface area contributed by atoms with Crippen molar-refractivity contribution in [2.45, 2.75) is 45.6 Å². The fourth-order valence-electron chi connectivity index (χ4n) is 2.96. The van der Waals surface area contributed by atoms with Crippen LogP contribution in [0.15, 0.2) is 30.3 Å². The molecule has 1 aromatic rings. The first-order valence-electron chi connectivity index (χ1n) is 8.23. The van der Waals surface area contributed by atoms with E-state index in [-0.39, 0.29) is 11.9 Å². The minimum Gasteiger partial charge on any atom is -0.342 e. The molecular formula is C18H28N2O. The average molecular weight is 288 g/mol.